The molecule has 0 bridgehead atoms. The molecule has 0 aliphatic heterocycles. The number of ketones is 5. The molecule has 0 rings (SSSR count). The van der Waals surface area contributed by atoms with Crippen LogP contribution >= 0.6 is 0 Å². The molecular weight excluding hydrogens is 280 g/mol. The fourth-order valence-electron chi connectivity index (χ4n) is 1.62. The number of carbonyl (C=O) groups excluding carboxylic acids is 6. The standard InChI is InChI=1S/C14H18O7/c1-7(15)13(4,8(2)16)10(18)11(19)14(5,9(3)17)12(20)21-6/h1-6H3. The summed E-state index contributed by atoms with van der Waals surface area (Å²) in [5, 5.41) is 0. The first-order valence-electron chi connectivity index (χ1n) is 6.09. The van der Waals surface area contributed by atoms with Gasteiger partial charge < -0.3 is 4.74 Å². The zero-order valence-corrected chi connectivity index (χ0v) is 12.9. The summed E-state index contributed by atoms with van der Waals surface area (Å²) in [6.45, 7) is 4.84. The highest BCUT2D eigenvalue weighted by Gasteiger charge is 2.56. The number of carbonyl (C=O) groups is 6. The molecule has 0 N–H and O–H groups in total. The third-order valence-electron chi connectivity index (χ3n) is 3.82. The maximum atomic E-state index is 12.3. The Balaban J connectivity index is 6.06. The molecule has 21 heavy (non-hydrogen) atoms. The van der Waals surface area contributed by atoms with E-state index in [0.29, 0.717) is 0 Å². The molecule has 0 fully saturated rings. The first-order valence-corrected chi connectivity index (χ1v) is 6.09. The summed E-state index contributed by atoms with van der Waals surface area (Å²) in [5.41, 5.74) is -4.60. The van der Waals surface area contributed by atoms with E-state index >= 15 is 0 Å². The van der Waals surface area contributed by atoms with E-state index in [-0.39, 0.29) is 0 Å². The first-order chi connectivity index (χ1) is 9.38. The highest BCUT2D eigenvalue weighted by Crippen LogP contribution is 2.29. The molecule has 1 atom stereocenters. The highest BCUT2D eigenvalue weighted by molar-refractivity contribution is 6.54. The number of hydrogen-bond donors (Lipinski definition) is 0. The summed E-state index contributed by atoms with van der Waals surface area (Å²) >= 11 is 0. The van der Waals surface area contributed by atoms with E-state index in [4.69, 9.17) is 0 Å². The summed E-state index contributed by atoms with van der Waals surface area (Å²) < 4.78 is 4.38. The van der Waals surface area contributed by atoms with Crippen LogP contribution in [0.4, 0.5) is 0 Å². The maximum Gasteiger partial charge on any atom is 0.327 e. The van der Waals surface area contributed by atoms with Crippen molar-refractivity contribution in [2.45, 2.75) is 34.6 Å². The van der Waals surface area contributed by atoms with Crippen molar-refractivity contribution in [2.24, 2.45) is 10.8 Å². The van der Waals surface area contributed by atoms with Crippen LogP contribution < -0.4 is 0 Å². The van der Waals surface area contributed by atoms with E-state index in [9.17, 15) is 28.8 Å². The largest absolute Gasteiger partial charge is 0.468 e. The number of methoxy groups -OCH3 is 1. The molecule has 1 unspecified atom stereocenters. The Hall–Kier alpha value is -2.18. The zero-order valence-electron chi connectivity index (χ0n) is 12.9. The minimum Gasteiger partial charge on any atom is -0.468 e. The van der Waals surface area contributed by atoms with Gasteiger partial charge in [-0.15, -0.1) is 0 Å². The molecule has 7 nitrogen and oxygen atoms in total. The SMILES string of the molecule is COC(=O)C(C)(C(C)=O)C(=O)C(=O)C(C)(C(C)=O)C(C)=O. The van der Waals surface area contributed by atoms with Crippen molar-refractivity contribution >= 4 is 34.9 Å². The second-order valence-corrected chi connectivity index (χ2v) is 5.07. The molecule has 116 valence electrons. The molecule has 0 heterocycles. The van der Waals surface area contributed by atoms with Crippen LogP contribution in [0.2, 0.25) is 0 Å². The van der Waals surface area contributed by atoms with Crippen molar-refractivity contribution < 1.29 is 33.5 Å². The van der Waals surface area contributed by atoms with Gasteiger partial charge in [-0.1, -0.05) is 0 Å². The van der Waals surface area contributed by atoms with Gasteiger partial charge in [0.25, 0.3) is 0 Å². The van der Waals surface area contributed by atoms with Crippen molar-refractivity contribution in [1.82, 2.24) is 0 Å². The van der Waals surface area contributed by atoms with Gasteiger partial charge in [0.1, 0.15) is 5.41 Å². The van der Waals surface area contributed by atoms with Crippen LogP contribution in [-0.2, 0) is 33.5 Å². The van der Waals surface area contributed by atoms with E-state index in [1.165, 1.54) is 0 Å². The molecule has 0 saturated heterocycles. The molecular formula is C14H18O7. The minimum atomic E-state index is -2.38. The molecule has 0 saturated carbocycles. The van der Waals surface area contributed by atoms with E-state index in [2.05, 4.69) is 4.74 Å². The number of hydrogen-bond acceptors (Lipinski definition) is 7. The Morgan fingerprint density at radius 1 is 0.667 bits per heavy atom. The first kappa shape index (κ1) is 18.8. The summed E-state index contributed by atoms with van der Waals surface area (Å²) in [7, 11) is 0.955. The molecule has 0 aromatic rings. The molecule has 0 amide bonds. The number of esters is 1. The number of rotatable bonds is 7. The average molecular weight is 298 g/mol. The smallest absolute Gasteiger partial charge is 0.327 e. The van der Waals surface area contributed by atoms with Crippen LogP contribution in [0.1, 0.15) is 34.6 Å². The van der Waals surface area contributed by atoms with Gasteiger partial charge in [0.05, 0.1) is 7.11 Å². The summed E-state index contributed by atoms with van der Waals surface area (Å²) in [5.74, 6) is -6.65. The Morgan fingerprint density at radius 2 is 0.952 bits per heavy atom. The lowest BCUT2D eigenvalue weighted by molar-refractivity contribution is -0.166. The van der Waals surface area contributed by atoms with Gasteiger partial charge >= 0.3 is 5.97 Å². The average Bonchev–Trinajstić information content (AvgIpc) is 2.41. The quantitative estimate of drug-likeness (QED) is 0.371. The number of Topliss-reactive ketones (excluding diaryl/α,β-unsaturated/α-hetero) is 5. The minimum absolute atomic E-state index is 0.843. The lowest BCUT2D eigenvalue weighted by Gasteiger charge is -2.27. The van der Waals surface area contributed by atoms with Crippen LogP contribution in [-0.4, -0.2) is 42.0 Å². The van der Waals surface area contributed by atoms with Crippen molar-refractivity contribution in [3.63, 3.8) is 0 Å². The lowest BCUT2D eigenvalue weighted by atomic mass is 9.70. The summed E-state index contributed by atoms with van der Waals surface area (Å²) in [4.78, 5) is 71.1. The van der Waals surface area contributed by atoms with Gasteiger partial charge in [-0.05, 0) is 34.6 Å². The van der Waals surface area contributed by atoms with Crippen molar-refractivity contribution in [2.75, 3.05) is 7.11 Å². The van der Waals surface area contributed by atoms with Gasteiger partial charge in [0.15, 0.2) is 22.8 Å². The van der Waals surface area contributed by atoms with Crippen LogP contribution in [0.15, 0.2) is 0 Å². The van der Waals surface area contributed by atoms with Crippen LogP contribution in [0.3, 0.4) is 0 Å². The number of ether oxygens (including phenoxy) is 1. The topological polar surface area (TPSA) is 112 Å². The monoisotopic (exact) mass is 298 g/mol. The highest BCUT2D eigenvalue weighted by atomic mass is 16.5. The molecule has 0 aromatic heterocycles. The summed E-state index contributed by atoms with van der Waals surface area (Å²) in [6, 6.07) is 0. The van der Waals surface area contributed by atoms with Crippen molar-refractivity contribution in [3.8, 4) is 0 Å². The second-order valence-electron chi connectivity index (χ2n) is 5.07. The van der Waals surface area contributed by atoms with Crippen LogP contribution in [0, 0.1) is 10.8 Å². The Morgan fingerprint density at radius 3 is 1.19 bits per heavy atom. The fraction of sp³-hybridized carbons (Fsp3) is 0.571. The summed E-state index contributed by atoms with van der Waals surface area (Å²) in [6.07, 6.45) is 0. The molecule has 0 aliphatic rings. The fourth-order valence-corrected chi connectivity index (χ4v) is 1.62. The van der Waals surface area contributed by atoms with Crippen molar-refractivity contribution in [1.29, 1.82) is 0 Å². The normalized spacial score (nSPS) is 13.8. The Kier molecular flexibility index (Phi) is 5.44. The lowest BCUT2D eigenvalue weighted by Crippen LogP contribution is -2.54. The van der Waals surface area contributed by atoms with Gasteiger partial charge in [0.2, 0.25) is 11.6 Å². The predicted octanol–water partition coefficient (Wildman–Crippen LogP) is 0.0772. The van der Waals surface area contributed by atoms with E-state index in [1.54, 1.807) is 0 Å². The van der Waals surface area contributed by atoms with Gasteiger partial charge in [-0.3, -0.25) is 28.8 Å². The maximum absolute atomic E-state index is 12.3. The van der Waals surface area contributed by atoms with Gasteiger partial charge in [-0.25, -0.2) is 0 Å². The predicted molar refractivity (Wildman–Crippen MR) is 70.3 cm³/mol. The zero-order chi connectivity index (χ0) is 17.2. The van der Waals surface area contributed by atoms with E-state index < -0.39 is 45.7 Å². The molecule has 7 heteroatoms. The second kappa shape index (κ2) is 6.07. The van der Waals surface area contributed by atoms with Crippen molar-refractivity contribution in [3.05, 3.63) is 0 Å². The Bertz CT molecular complexity index is 530. The van der Waals surface area contributed by atoms with E-state index in [0.717, 1.165) is 41.7 Å². The van der Waals surface area contributed by atoms with Crippen LogP contribution in [0.25, 0.3) is 0 Å². The van der Waals surface area contributed by atoms with Gasteiger partial charge in [-0.2, -0.15) is 0 Å². The van der Waals surface area contributed by atoms with Gasteiger partial charge in [0, 0.05) is 0 Å². The molecule has 0 spiro atoms. The van der Waals surface area contributed by atoms with Crippen LogP contribution in [0.5, 0.6) is 0 Å². The molecule has 0 radical (unpaired) electrons. The van der Waals surface area contributed by atoms with E-state index in [1.807, 2.05) is 0 Å². The molecule has 0 aromatic carbocycles. The third kappa shape index (κ3) is 2.81. The Labute approximate surface area is 122 Å². The third-order valence-corrected chi connectivity index (χ3v) is 3.82. The molecule has 0 aliphatic carbocycles.